The van der Waals surface area contributed by atoms with Crippen LogP contribution in [0, 0.1) is 0 Å². The third kappa shape index (κ3) is 2.68. The van der Waals surface area contributed by atoms with Crippen molar-refractivity contribution in [2.24, 2.45) is 0 Å². The van der Waals surface area contributed by atoms with Gasteiger partial charge in [-0.25, -0.2) is 0 Å². The molecule has 0 saturated carbocycles. The van der Waals surface area contributed by atoms with E-state index in [1.807, 2.05) is 40.6 Å². The zero-order chi connectivity index (χ0) is 15.5. The Kier molecular flexibility index (Phi) is 4.59. The van der Waals surface area contributed by atoms with Crippen molar-refractivity contribution in [1.82, 2.24) is 4.90 Å². The van der Waals surface area contributed by atoms with Gasteiger partial charge in [-0.1, -0.05) is 18.2 Å². The first kappa shape index (κ1) is 15.2. The van der Waals surface area contributed by atoms with Crippen molar-refractivity contribution in [3.8, 4) is 11.5 Å². The number of ether oxygens (including phenoxy) is 2. The number of thioether (sulfide) groups is 1. The summed E-state index contributed by atoms with van der Waals surface area (Å²) in [5, 5.41) is 1.89. The minimum atomic E-state index is -0.0420. The molecule has 1 atom stereocenters. The quantitative estimate of drug-likeness (QED) is 0.855. The summed E-state index contributed by atoms with van der Waals surface area (Å²) in [5.41, 5.74) is 0.981. The largest absolute Gasteiger partial charge is 0.493 e. The second-order valence-electron chi connectivity index (χ2n) is 4.78. The molecule has 1 aliphatic rings. The second-order valence-corrected chi connectivity index (χ2v) is 6.92. The van der Waals surface area contributed by atoms with E-state index in [0.717, 1.165) is 22.7 Å². The molecule has 6 heteroatoms. The molecule has 2 heterocycles. The van der Waals surface area contributed by atoms with Crippen LogP contribution in [-0.2, 0) is 0 Å². The van der Waals surface area contributed by atoms with E-state index < -0.39 is 0 Å². The van der Waals surface area contributed by atoms with Crippen molar-refractivity contribution in [2.45, 2.75) is 5.37 Å². The van der Waals surface area contributed by atoms with Crippen LogP contribution in [0.1, 0.15) is 20.6 Å². The Morgan fingerprint density at radius 1 is 1.23 bits per heavy atom. The molecule has 116 valence electrons. The van der Waals surface area contributed by atoms with E-state index in [0.29, 0.717) is 11.5 Å². The van der Waals surface area contributed by atoms with Gasteiger partial charge >= 0.3 is 0 Å². The molecule has 1 aromatic carbocycles. The summed E-state index contributed by atoms with van der Waals surface area (Å²) in [6.45, 7) is 0.742. The van der Waals surface area contributed by atoms with E-state index in [1.54, 1.807) is 26.0 Å². The maximum Gasteiger partial charge on any atom is 0.265 e. The van der Waals surface area contributed by atoms with E-state index >= 15 is 0 Å². The van der Waals surface area contributed by atoms with Gasteiger partial charge in [0, 0.05) is 17.9 Å². The number of benzene rings is 1. The number of hydrogen-bond acceptors (Lipinski definition) is 5. The molecule has 1 amide bonds. The maximum atomic E-state index is 12.7. The predicted octanol–water partition coefficient (Wildman–Crippen LogP) is 3.65. The molecule has 0 bridgehead atoms. The number of nitrogens with zero attached hydrogens (tertiary/aromatic N) is 1. The van der Waals surface area contributed by atoms with Crippen LogP contribution in [0.25, 0.3) is 0 Å². The number of hydrogen-bond donors (Lipinski definition) is 0. The van der Waals surface area contributed by atoms with Gasteiger partial charge in [0.25, 0.3) is 5.91 Å². The van der Waals surface area contributed by atoms with Crippen LogP contribution in [0.3, 0.4) is 0 Å². The van der Waals surface area contributed by atoms with Gasteiger partial charge in [0.2, 0.25) is 0 Å². The summed E-state index contributed by atoms with van der Waals surface area (Å²) in [5.74, 6) is 2.39. The second kappa shape index (κ2) is 6.62. The van der Waals surface area contributed by atoms with Crippen molar-refractivity contribution in [1.29, 1.82) is 0 Å². The number of carbonyl (C=O) groups excluding carboxylic acids is 1. The molecule has 0 aliphatic carbocycles. The SMILES string of the molecule is COc1cccc([C@H]2SCCN2C(=O)c2cccs2)c1OC. The monoisotopic (exact) mass is 335 g/mol. The summed E-state index contributed by atoms with van der Waals surface area (Å²) >= 11 is 3.23. The number of amides is 1. The van der Waals surface area contributed by atoms with Gasteiger partial charge in [-0.05, 0) is 17.5 Å². The molecule has 0 radical (unpaired) electrons. The van der Waals surface area contributed by atoms with Gasteiger partial charge in [-0.2, -0.15) is 0 Å². The topological polar surface area (TPSA) is 38.8 Å². The van der Waals surface area contributed by atoms with Crippen molar-refractivity contribution < 1.29 is 14.3 Å². The van der Waals surface area contributed by atoms with Crippen LogP contribution in [0.2, 0.25) is 0 Å². The molecule has 4 nitrogen and oxygen atoms in total. The van der Waals surface area contributed by atoms with E-state index in [1.165, 1.54) is 11.3 Å². The van der Waals surface area contributed by atoms with Gasteiger partial charge in [0.05, 0.1) is 19.1 Å². The van der Waals surface area contributed by atoms with E-state index in [9.17, 15) is 4.79 Å². The van der Waals surface area contributed by atoms with E-state index in [2.05, 4.69) is 0 Å². The Balaban J connectivity index is 1.95. The normalized spacial score (nSPS) is 17.5. The highest BCUT2D eigenvalue weighted by Gasteiger charge is 2.34. The van der Waals surface area contributed by atoms with Crippen LogP contribution in [0.5, 0.6) is 11.5 Å². The van der Waals surface area contributed by atoms with Crippen LogP contribution >= 0.6 is 23.1 Å². The molecule has 0 spiro atoms. The number of thiophene rings is 1. The molecule has 22 heavy (non-hydrogen) atoms. The maximum absolute atomic E-state index is 12.7. The van der Waals surface area contributed by atoms with Gasteiger partial charge in [0.15, 0.2) is 11.5 Å². The lowest BCUT2D eigenvalue weighted by atomic mass is 10.1. The highest BCUT2D eigenvalue weighted by Crippen LogP contribution is 2.45. The lowest BCUT2D eigenvalue weighted by Gasteiger charge is -2.25. The molecule has 0 N–H and O–H groups in total. The van der Waals surface area contributed by atoms with Crippen molar-refractivity contribution in [2.75, 3.05) is 26.5 Å². The molecule has 2 aromatic rings. The lowest BCUT2D eigenvalue weighted by molar-refractivity contribution is 0.0764. The average Bonchev–Trinajstić information content (AvgIpc) is 3.24. The zero-order valence-corrected chi connectivity index (χ0v) is 14.1. The zero-order valence-electron chi connectivity index (χ0n) is 12.4. The molecule has 1 aromatic heterocycles. The fourth-order valence-corrected chi connectivity index (χ4v) is 4.53. The Morgan fingerprint density at radius 2 is 2.09 bits per heavy atom. The minimum Gasteiger partial charge on any atom is -0.493 e. The van der Waals surface area contributed by atoms with Crippen molar-refractivity contribution in [3.05, 3.63) is 46.2 Å². The van der Waals surface area contributed by atoms with Gasteiger partial charge < -0.3 is 14.4 Å². The Labute approximate surface area is 138 Å². The van der Waals surface area contributed by atoms with Gasteiger partial charge in [-0.15, -0.1) is 23.1 Å². The van der Waals surface area contributed by atoms with Crippen molar-refractivity contribution >= 4 is 29.0 Å². The lowest BCUT2D eigenvalue weighted by Crippen LogP contribution is -2.30. The summed E-state index contributed by atoms with van der Waals surface area (Å²) in [6, 6.07) is 9.58. The minimum absolute atomic E-state index is 0.0420. The first-order valence-corrected chi connectivity index (χ1v) is 8.86. The molecule has 1 saturated heterocycles. The standard InChI is InChI=1S/C16H17NO3S2/c1-19-12-6-3-5-11(14(12)20-2)16-17(8-10-22-16)15(18)13-7-4-9-21-13/h3-7,9,16H,8,10H2,1-2H3/t16-/m1/s1. The fourth-order valence-electron chi connectivity index (χ4n) is 2.58. The molecule has 0 unspecified atom stereocenters. The summed E-state index contributed by atoms with van der Waals surface area (Å²) in [4.78, 5) is 15.4. The Morgan fingerprint density at radius 3 is 2.77 bits per heavy atom. The van der Waals surface area contributed by atoms with E-state index in [4.69, 9.17) is 9.47 Å². The number of carbonyl (C=O) groups is 1. The van der Waals surface area contributed by atoms with Gasteiger partial charge in [0.1, 0.15) is 5.37 Å². The molecule has 3 rings (SSSR count). The molecule has 1 aliphatic heterocycles. The average molecular weight is 335 g/mol. The third-order valence-corrected chi connectivity index (χ3v) is 5.68. The Hall–Kier alpha value is -1.66. The number of rotatable bonds is 4. The molecule has 1 fully saturated rings. The molecular weight excluding hydrogens is 318 g/mol. The molecular formula is C16H17NO3S2. The highest BCUT2D eigenvalue weighted by atomic mass is 32.2. The smallest absolute Gasteiger partial charge is 0.265 e. The first-order valence-electron chi connectivity index (χ1n) is 6.93. The first-order chi connectivity index (χ1) is 10.8. The van der Waals surface area contributed by atoms with Crippen LogP contribution in [0.15, 0.2) is 35.7 Å². The summed E-state index contributed by atoms with van der Waals surface area (Å²) in [7, 11) is 3.25. The number of para-hydroxylation sites is 1. The van der Waals surface area contributed by atoms with Crippen molar-refractivity contribution in [3.63, 3.8) is 0 Å². The number of methoxy groups -OCH3 is 2. The third-order valence-electron chi connectivity index (χ3n) is 3.58. The van der Waals surface area contributed by atoms with Crippen LogP contribution < -0.4 is 9.47 Å². The van der Waals surface area contributed by atoms with Crippen LogP contribution in [-0.4, -0.2) is 37.3 Å². The fraction of sp³-hybridized carbons (Fsp3) is 0.312. The summed E-state index contributed by atoms with van der Waals surface area (Å²) < 4.78 is 10.9. The Bertz CT molecular complexity index is 657. The summed E-state index contributed by atoms with van der Waals surface area (Å²) in [6.07, 6.45) is 0. The highest BCUT2D eigenvalue weighted by molar-refractivity contribution is 7.99. The van der Waals surface area contributed by atoms with Gasteiger partial charge in [-0.3, -0.25) is 4.79 Å². The predicted molar refractivity (Wildman–Crippen MR) is 90.1 cm³/mol. The van der Waals surface area contributed by atoms with E-state index in [-0.39, 0.29) is 11.3 Å². The van der Waals surface area contributed by atoms with Crippen LogP contribution in [0.4, 0.5) is 0 Å².